The van der Waals surface area contributed by atoms with Crippen LogP contribution in [-0.4, -0.2) is 38.2 Å². The Morgan fingerprint density at radius 2 is 1.73 bits per heavy atom. The number of unbranched alkanes of at least 4 members (excludes halogenated alkanes) is 1. The third-order valence-electron chi connectivity index (χ3n) is 5.29. The van der Waals surface area contributed by atoms with Crippen molar-refractivity contribution in [3.8, 4) is 0 Å². The summed E-state index contributed by atoms with van der Waals surface area (Å²) in [4.78, 5) is 19.6. The summed E-state index contributed by atoms with van der Waals surface area (Å²) in [5, 5.41) is 0. The highest BCUT2D eigenvalue weighted by molar-refractivity contribution is 7.90. The molecule has 30 heavy (non-hydrogen) atoms. The molecule has 1 amide bonds. The van der Waals surface area contributed by atoms with Gasteiger partial charge in [-0.3, -0.25) is 14.5 Å². The number of aryl methyl sites for hydroxylation is 1. The molecule has 0 saturated heterocycles. The number of likely N-dealkylation sites (N-methyl/N-ethyl adjacent to an activating group) is 1. The lowest BCUT2D eigenvalue weighted by molar-refractivity contribution is -0.131. The minimum atomic E-state index is -3.63. The fraction of sp³-hybridized carbons (Fsp3) is 0.391. The smallest absolute Gasteiger partial charge is 0.263 e. The summed E-state index contributed by atoms with van der Waals surface area (Å²) in [6.45, 7) is 4.65. The molecule has 1 unspecified atom stereocenters. The topological polar surface area (TPSA) is 78.8 Å². The third-order valence-corrected chi connectivity index (χ3v) is 6.69. The highest BCUT2D eigenvalue weighted by Crippen LogP contribution is 2.23. The van der Waals surface area contributed by atoms with Crippen LogP contribution in [0.1, 0.15) is 49.8 Å². The highest BCUT2D eigenvalue weighted by atomic mass is 32.2. The first kappa shape index (κ1) is 22.0. The molecule has 0 aromatic heterocycles. The van der Waals surface area contributed by atoms with Crippen molar-refractivity contribution in [3.05, 3.63) is 65.2 Å². The van der Waals surface area contributed by atoms with Gasteiger partial charge in [0.1, 0.15) is 11.9 Å². The van der Waals surface area contributed by atoms with Gasteiger partial charge in [0, 0.05) is 19.2 Å². The maximum absolute atomic E-state index is 13.2. The van der Waals surface area contributed by atoms with Crippen LogP contribution in [0.2, 0.25) is 0 Å². The van der Waals surface area contributed by atoms with Crippen LogP contribution in [0.5, 0.6) is 0 Å². The molecule has 2 aromatic rings. The Morgan fingerprint density at radius 1 is 1.07 bits per heavy atom. The summed E-state index contributed by atoms with van der Waals surface area (Å²) >= 11 is 0. The summed E-state index contributed by atoms with van der Waals surface area (Å²) in [5.74, 6) is 0.139. The van der Waals surface area contributed by atoms with Crippen LogP contribution in [-0.2, 0) is 27.8 Å². The second-order valence-electron chi connectivity index (χ2n) is 7.60. The van der Waals surface area contributed by atoms with Gasteiger partial charge in [0.15, 0.2) is 0 Å². The van der Waals surface area contributed by atoms with E-state index in [0.29, 0.717) is 18.5 Å². The van der Waals surface area contributed by atoms with Crippen molar-refractivity contribution in [2.24, 2.45) is 4.99 Å². The molecule has 0 aliphatic carbocycles. The molecule has 0 spiro atoms. The van der Waals surface area contributed by atoms with Crippen LogP contribution in [0.3, 0.4) is 0 Å². The number of sulfonamides is 1. The van der Waals surface area contributed by atoms with Crippen LogP contribution in [0, 0.1) is 0 Å². The van der Waals surface area contributed by atoms with E-state index in [1.54, 1.807) is 36.2 Å². The fourth-order valence-corrected chi connectivity index (χ4v) is 4.75. The lowest BCUT2D eigenvalue weighted by Crippen LogP contribution is -2.36. The normalized spacial score (nSPS) is 16.7. The molecule has 6 nitrogen and oxygen atoms in total. The number of amides is 1. The molecule has 1 N–H and O–H groups in total. The van der Waals surface area contributed by atoms with Crippen molar-refractivity contribution in [2.45, 2.75) is 57.0 Å². The van der Waals surface area contributed by atoms with Gasteiger partial charge < -0.3 is 4.90 Å². The maximum Gasteiger partial charge on any atom is 0.263 e. The number of nitrogens with one attached hydrogen (secondary N) is 1. The van der Waals surface area contributed by atoms with E-state index in [2.05, 4.69) is 35.7 Å². The van der Waals surface area contributed by atoms with E-state index in [9.17, 15) is 13.2 Å². The molecular weight excluding hydrogens is 398 g/mol. The highest BCUT2D eigenvalue weighted by Gasteiger charge is 2.32. The molecule has 160 valence electrons. The standard InChI is InChI=1S/C23H29N3O3S/c1-4-6-10-20(23(27)26(3)16-18-14-12-17(5-2)13-15-18)24-22-19-9-7-8-11-21(19)30(28,29)25-22/h7-9,11-15,20H,4-6,10,16H2,1-3H3,(H,24,25). The van der Waals surface area contributed by atoms with E-state index in [4.69, 9.17) is 0 Å². The van der Waals surface area contributed by atoms with Gasteiger partial charge in [0.2, 0.25) is 5.91 Å². The molecule has 0 radical (unpaired) electrons. The van der Waals surface area contributed by atoms with E-state index < -0.39 is 16.1 Å². The van der Waals surface area contributed by atoms with Gasteiger partial charge in [-0.05, 0) is 36.1 Å². The predicted molar refractivity (Wildman–Crippen MR) is 119 cm³/mol. The number of fused-ring (bicyclic) bond motifs is 1. The van der Waals surface area contributed by atoms with Crippen LogP contribution in [0.4, 0.5) is 0 Å². The van der Waals surface area contributed by atoms with Crippen LogP contribution in [0.25, 0.3) is 0 Å². The molecule has 0 bridgehead atoms. The summed E-state index contributed by atoms with van der Waals surface area (Å²) in [7, 11) is -1.86. The number of rotatable bonds is 8. The Morgan fingerprint density at radius 3 is 2.40 bits per heavy atom. The SMILES string of the molecule is CCCCC(N=C1NS(=O)(=O)c2ccccc21)C(=O)N(C)Cc1ccc(CC)cc1. The minimum absolute atomic E-state index is 0.112. The second-order valence-corrected chi connectivity index (χ2v) is 9.25. The molecule has 2 aromatic carbocycles. The number of carbonyl (C=O) groups excluding carboxylic acids is 1. The summed E-state index contributed by atoms with van der Waals surface area (Å²) in [6.07, 6.45) is 3.31. The quantitative estimate of drug-likeness (QED) is 0.700. The Bertz CT molecular complexity index is 1030. The van der Waals surface area contributed by atoms with Crippen molar-refractivity contribution in [1.29, 1.82) is 0 Å². The number of nitrogens with zero attached hydrogens (tertiary/aromatic N) is 2. The molecule has 0 fully saturated rings. The average molecular weight is 428 g/mol. The van der Waals surface area contributed by atoms with Gasteiger partial charge in [0.25, 0.3) is 10.0 Å². The van der Waals surface area contributed by atoms with Crippen LogP contribution >= 0.6 is 0 Å². The van der Waals surface area contributed by atoms with Crippen LogP contribution in [0.15, 0.2) is 58.4 Å². The van der Waals surface area contributed by atoms with E-state index in [0.717, 1.165) is 24.8 Å². The van der Waals surface area contributed by atoms with Gasteiger partial charge in [-0.2, -0.15) is 0 Å². The number of amidine groups is 1. The van der Waals surface area contributed by atoms with Crippen molar-refractivity contribution in [3.63, 3.8) is 0 Å². The third kappa shape index (κ3) is 4.90. The summed E-state index contributed by atoms with van der Waals surface area (Å²) in [5.41, 5.74) is 2.83. The van der Waals surface area contributed by atoms with E-state index in [-0.39, 0.29) is 16.6 Å². The largest absolute Gasteiger partial charge is 0.340 e. The molecule has 1 atom stereocenters. The van der Waals surface area contributed by atoms with Crippen molar-refractivity contribution >= 4 is 21.8 Å². The number of hydrogen-bond acceptors (Lipinski definition) is 4. The molecule has 0 saturated carbocycles. The van der Waals surface area contributed by atoms with Gasteiger partial charge in [-0.1, -0.05) is 63.1 Å². The van der Waals surface area contributed by atoms with Crippen molar-refractivity contribution in [2.75, 3.05) is 7.05 Å². The molecule has 7 heteroatoms. The van der Waals surface area contributed by atoms with Crippen molar-refractivity contribution < 1.29 is 13.2 Å². The molecule has 1 aliphatic heterocycles. The monoisotopic (exact) mass is 427 g/mol. The zero-order valence-electron chi connectivity index (χ0n) is 17.8. The summed E-state index contributed by atoms with van der Waals surface area (Å²) < 4.78 is 27.2. The average Bonchev–Trinajstić information content (AvgIpc) is 3.01. The van der Waals surface area contributed by atoms with E-state index >= 15 is 0 Å². The van der Waals surface area contributed by atoms with Gasteiger partial charge >= 0.3 is 0 Å². The predicted octanol–water partition coefficient (Wildman–Crippen LogP) is 3.50. The van der Waals surface area contributed by atoms with E-state index in [1.807, 2.05) is 12.1 Å². The van der Waals surface area contributed by atoms with Crippen LogP contribution < -0.4 is 4.72 Å². The van der Waals surface area contributed by atoms with Gasteiger partial charge in [-0.25, -0.2) is 8.42 Å². The Labute approximate surface area is 179 Å². The zero-order chi connectivity index (χ0) is 21.7. The minimum Gasteiger partial charge on any atom is -0.340 e. The Kier molecular flexibility index (Phi) is 6.92. The Hall–Kier alpha value is -2.67. The fourth-order valence-electron chi connectivity index (χ4n) is 3.51. The first-order valence-electron chi connectivity index (χ1n) is 10.4. The molecule has 1 heterocycles. The second kappa shape index (κ2) is 9.43. The number of hydrogen-bond donors (Lipinski definition) is 1. The maximum atomic E-state index is 13.2. The lowest BCUT2D eigenvalue weighted by atomic mass is 10.1. The molecular formula is C23H29N3O3S. The summed E-state index contributed by atoms with van der Waals surface area (Å²) in [6, 6.07) is 14.3. The zero-order valence-corrected chi connectivity index (χ0v) is 18.6. The molecule has 1 aliphatic rings. The van der Waals surface area contributed by atoms with Gasteiger partial charge in [-0.15, -0.1) is 0 Å². The van der Waals surface area contributed by atoms with Crippen molar-refractivity contribution in [1.82, 2.24) is 9.62 Å². The lowest BCUT2D eigenvalue weighted by Gasteiger charge is -2.22. The molecule has 3 rings (SSSR count). The Balaban J connectivity index is 1.83. The first-order chi connectivity index (χ1) is 14.4. The number of benzene rings is 2. The first-order valence-corrected chi connectivity index (χ1v) is 11.9. The van der Waals surface area contributed by atoms with Gasteiger partial charge in [0.05, 0.1) is 4.90 Å². The number of carbonyl (C=O) groups is 1. The number of aliphatic imine (C=N–C) groups is 1. The van der Waals surface area contributed by atoms with E-state index in [1.165, 1.54) is 5.56 Å².